The van der Waals surface area contributed by atoms with Gasteiger partial charge in [0.2, 0.25) is 0 Å². The summed E-state index contributed by atoms with van der Waals surface area (Å²) in [6.45, 7) is 7.92. The second kappa shape index (κ2) is 6.29. The standard InChI is InChI=1S/C18H26N2O2/c1-12(2)6-7-22-14-4-5-15-16(8-14)18(21)19-9-13-10-20(3)11-17(13)15/h4-5,8,12-13,17H,6-7,9-11H2,1-3H3,(H,19,21). The molecule has 1 amide bonds. The van der Waals surface area contributed by atoms with Crippen LogP contribution in [-0.2, 0) is 0 Å². The fraction of sp³-hybridized carbons (Fsp3) is 0.611. The van der Waals surface area contributed by atoms with Crippen LogP contribution in [0.5, 0.6) is 5.75 Å². The van der Waals surface area contributed by atoms with E-state index in [4.69, 9.17) is 4.74 Å². The van der Waals surface area contributed by atoms with Gasteiger partial charge in [0.05, 0.1) is 6.61 Å². The molecular weight excluding hydrogens is 276 g/mol. The first-order chi connectivity index (χ1) is 10.5. The highest BCUT2D eigenvalue weighted by atomic mass is 16.5. The topological polar surface area (TPSA) is 41.6 Å². The van der Waals surface area contributed by atoms with Crippen molar-refractivity contribution in [3.63, 3.8) is 0 Å². The Bertz CT molecular complexity index is 556. The molecule has 1 saturated heterocycles. The van der Waals surface area contributed by atoms with Crippen molar-refractivity contribution < 1.29 is 9.53 Å². The molecule has 2 aliphatic heterocycles. The van der Waals surface area contributed by atoms with Gasteiger partial charge in [0.15, 0.2) is 0 Å². The van der Waals surface area contributed by atoms with Crippen LogP contribution in [0.4, 0.5) is 0 Å². The molecule has 3 rings (SSSR count). The minimum absolute atomic E-state index is 0.0429. The van der Waals surface area contributed by atoms with Crippen molar-refractivity contribution in [3.8, 4) is 5.75 Å². The number of ether oxygens (including phenoxy) is 1. The number of carbonyl (C=O) groups excluding carboxylic acids is 1. The second-order valence-corrected chi connectivity index (χ2v) is 7.08. The van der Waals surface area contributed by atoms with Crippen LogP contribution in [0.25, 0.3) is 0 Å². The third kappa shape index (κ3) is 3.12. The Labute approximate surface area is 132 Å². The largest absolute Gasteiger partial charge is 0.494 e. The Morgan fingerprint density at radius 1 is 1.36 bits per heavy atom. The van der Waals surface area contributed by atoms with E-state index < -0.39 is 0 Å². The van der Waals surface area contributed by atoms with Gasteiger partial charge in [-0.3, -0.25) is 4.79 Å². The number of hydrogen-bond donors (Lipinski definition) is 1. The van der Waals surface area contributed by atoms with Crippen molar-refractivity contribution in [2.24, 2.45) is 11.8 Å². The van der Waals surface area contributed by atoms with E-state index in [0.29, 0.717) is 24.4 Å². The van der Waals surface area contributed by atoms with Crippen molar-refractivity contribution in [1.82, 2.24) is 10.2 Å². The fourth-order valence-corrected chi connectivity index (χ4v) is 3.52. The molecule has 0 radical (unpaired) electrons. The van der Waals surface area contributed by atoms with E-state index in [1.165, 1.54) is 5.56 Å². The molecule has 4 nitrogen and oxygen atoms in total. The number of nitrogens with zero attached hydrogens (tertiary/aromatic N) is 1. The number of hydrogen-bond acceptors (Lipinski definition) is 3. The van der Waals surface area contributed by atoms with Gasteiger partial charge in [0, 0.05) is 31.1 Å². The van der Waals surface area contributed by atoms with Crippen LogP contribution < -0.4 is 10.1 Å². The Balaban J connectivity index is 1.82. The summed E-state index contributed by atoms with van der Waals surface area (Å²) in [7, 11) is 2.15. The van der Waals surface area contributed by atoms with Gasteiger partial charge in [0.25, 0.3) is 5.91 Å². The molecule has 0 spiro atoms. The van der Waals surface area contributed by atoms with Crippen LogP contribution in [0.1, 0.15) is 42.1 Å². The maximum absolute atomic E-state index is 12.4. The lowest BCUT2D eigenvalue weighted by Gasteiger charge is -2.17. The Morgan fingerprint density at radius 2 is 2.18 bits per heavy atom. The number of fused-ring (bicyclic) bond motifs is 3. The van der Waals surface area contributed by atoms with Crippen molar-refractivity contribution in [3.05, 3.63) is 29.3 Å². The molecule has 22 heavy (non-hydrogen) atoms. The maximum atomic E-state index is 12.4. The number of likely N-dealkylation sites (tertiary alicyclic amines) is 1. The third-order valence-corrected chi connectivity index (χ3v) is 4.78. The number of carbonyl (C=O) groups is 1. The molecule has 1 fully saturated rings. The van der Waals surface area contributed by atoms with Gasteiger partial charge < -0.3 is 15.0 Å². The van der Waals surface area contributed by atoms with E-state index in [-0.39, 0.29) is 5.91 Å². The first-order valence-electron chi connectivity index (χ1n) is 8.28. The van der Waals surface area contributed by atoms with Gasteiger partial charge in [-0.25, -0.2) is 0 Å². The molecule has 1 aromatic carbocycles. The summed E-state index contributed by atoms with van der Waals surface area (Å²) in [5.41, 5.74) is 1.98. The monoisotopic (exact) mass is 302 g/mol. The molecule has 4 heteroatoms. The van der Waals surface area contributed by atoms with Gasteiger partial charge in [-0.05, 0) is 43.0 Å². The van der Waals surface area contributed by atoms with Gasteiger partial charge in [-0.2, -0.15) is 0 Å². The summed E-state index contributed by atoms with van der Waals surface area (Å²) >= 11 is 0. The lowest BCUT2D eigenvalue weighted by Crippen LogP contribution is -2.29. The summed E-state index contributed by atoms with van der Waals surface area (Å²) in [5.74, 6) is 2.44. The van der Waals surface area contributed by atoms with Crippen molar-refractivity contribution in [1.29, 1.82) is 0 Å². The maximum Gasteiger partial charge on any atom is 0.251 e. The molecule has 1 N–H and O–H groups in total. The van der Waals surface area contributed by atoms with E-state index in [9.17, 15) is 4.79 Å². The first-order valence-corrected chi connectivity index (χ1v) is 8.28. The minimum atomic E-state index is 0.0429. The SMILES string of the molecule is CC(C)CCOc1ccc2c(c1)C(=O)NCC1CN(C)CC21. The molecule has 0 saturated carbocycles. The molecule has 2 atom stereocenters. The Hall–Kier alpha value is -1.55. The van der Waals surface area contributed by atoms with Gasteiger partial charge in [-0.15, -0.1) is 0 Å². The van der Waals surface area contributed by atoms with Crippen molar-refractivity contribution in [2.45, 2.75) is 26.2 Å². The number of benzene rings is 1. The number of amides is 1. The molecular formula is C18H26N2O2. The van der Waals surface area contributed by atoms with Crippen LogP contribution in [0.3, 0.4) is 0 Å². The molecule has 120 valence electrons. The lowest BCUT2D eigenvalue weighted by atomic mass is 9.87. The zero-order chi connectivity index (χ0) is 15.7. The van der Waals surface area contributed by atoms with Crippen molar-refractivity contribution in [2.75, 3.05) is 33.3 Å². The highest BCUT2D eigenvalue weighted by molar-refractivity contribution is 5.96. The average Bonchev–Trinajstić information content (AvgIpc) is 2.79. The smallest absolute Gasteiger partial charge is 0.251 e. The first kappa shape index (κ1) is 15.3. The predicted octanol–water partition coefficient (Wildman–Crippen LogP) is 2.50. The summed E-state index contributed by atoms with van der Waals surface area (Å²) in [6, 6.07) is 6.04. The van der Waals surface area contributed by atoms with E-state index in [1.807, 2.05) is 12.1 Å². The van der Waals surface area contributed by atoms with E-state index in [2.05, 4.69) is 37.2 Å². The Morgan fingerprint density at radius 3 is 2.95 bits per heavy atom. The molecule has 1 aromatic rings. The van der Waals surface area contributed by atoms with E-state index >= 15 is 0 Å². The van der Waals surface area contributed by atoms with Gasteiger partial charge in [-0.1, -0.05) is 19.9 Å². The van der Waals surface area contributed by atoms with Gasteiger partial charge in [0.1, 0.15) is 5.75 Å². The summed E-state index contributed by atoms with van der Waals surface area (Å²) < 4.78 is 5.81. The zero-order valence-electron chi connectivity index (χ0n) is 13.8. The highest BCUT2D eigenvalue weighted by Gasteiger charge is 2.36. The summed E-state index contributed by atoms with van der Waals surface area (Å²) in [5, 5.41) is 3.07. The summed E-state index contributed by atoms with van der Waals surface area (Å²) in [4.78, 5) is 14.7. The average molecular weight is 302 g/mol. The second-order valence-electron chi connectivity index (χ2n) is 7.08. The normalized spacial score (nSPS) is 24.6. The molecule has 2 unspecified atom stereocenters. The molecule has 2 aliphatic rings. The third-order valence-electron chi connectivity index (χ3n) is 4.78. The van der Waals surface area contributed by atoms with E-state index in [1.54, 1.807) is 0 Å². The zero-order valence-corrected chi connectivity index (χ0v) is 13.8. The minimum Gasteiger partial charge on any atom is -0.494 e. The van der Waals surface area contributed by atoms with Crippen molar-refractivity contribution >= 4 is 5.91 Å². The predicted molar refractivity (Wildman–Crippen MR) is 87.5 cm³/mol. The van der Waals surface area contributed by atoms with Gasteiger partial charge >= 0.3 is 0 Å². The molecule has 0 aliphatic carbocycles. The number of rotatable bonds is 4. The number of nitrogens with one attached hydrogen (secondary N) is 1. The Kier molecular flexibility index (Phi) is 4.39. The van der Waals surface area contributed by atoms with E-state index in [0.717, 1.165) is 37.4 Å². The number of likely N-dealkylation sites (N-methyl/N-ethyl adjacent to an activating group) is 1. The van der Waals surface area contributed by atoms with Crippen LogP contribution in [-0.4, -0.2) is 44.1 Å². The quantitative estimate of drug-likeness (QED) is 0.929. The summed E-state index contributed by atoms with van der Waals surface area (Å²) in [6.07, 6.45) is 1.03. The molecule has 2 heterocycles. The molecule has 0 bridgehead atoms. The van der Waals surface area contributed by atoms with Crippen LogP contribution in [0.2, 0.25) is 0 Å². The van der Waals surface area contributed by atoms with Crippen LogP contribution in [0, 0.1) is 11.8 Å². The fourth-order valence-electron chi connectivity index (χ4n) is 3.52. The highest BCUT2D eigenvalue weighted by Crippen LogP contribution is 2.36. The molecule has 0 aromatic heterocycles. The van der Waals surface area contributed by atoms with Crippen LogP contribution in [0.15, 0.2) is 18.2 Å². The lowest BCUT2D eigenvalue weighted by molar-refractivity contribution is 0.0951. The van der Waals surface area contributed by atoms with Crippen LogP contribution >= 0.6 is 0 Å².